The molecular weight excluding hydrogens is 256 g/mol. The third kappa shape index (κ3) is 1.74. The van der Waals surface area contributed by atoms with Crippen molar-refractivity contribution in [3.05, 3.63) is 16.4 Å². The van der Waals surface area contributed by atoms with Gasteiger partial charge in [-0.3, -0.25) is 4.68 Å². The smallest absolute Gasteiger partial charge is 0.108 e. The van der Waals surface area contributed by atoms with E-state index in [1.807, 2.05) is 4.68 Å². The molecule has 1 saturated carbocycles. The lowest BCUT2D eigenvalue weighted by atomic mass is 9.70. The van der Waals surface area contributed by atoms with Crippen LogP contribution in [-0.4, -0.2) is 14.9 Å². The lowest BCUT2D eigenvalue weighted by Crippen LogP contribution is -2.42. The summed E-state index contributed by atoms with van der Waals surface area (Å²) in [6, 6.07) is 0.284. The van der Waals surface area contributed by atoms with E-state index in [0.717, 1.165) is 23.0 Å². The molecule has 1 aromatic heterocycles. The molecule has 0 saturated heterocycles. The highest BCUT2D eigenvalue weighted by molar-refractivity contribution is 9.10. The number of aliphatic hydroxyl groups is 1. The molecule has 1 heterocycles. The van der Waals surface area contributed by atoms with Crippen LogP contribution in [0.1, 0.15) is 45.3 Å². The van der Waals surface area contributed by atoms with Gasteiger partial charge in [-0.05, 0) is 48.5 Å². The molecule has 0 aromatic carbocycles. The number of rotatable bonds is 2. The van der Waals surface area contributed by atoms with Crippen molar-refractivity contribution in [2.24, 2.45) is 5.92 Å². The van der Waals surface area contributed by atoms with Crippen molar-refractivity contribution < 1.29 is 5.11 Å². The first-order valence-corrected chi connectivity index (χ1v) is 6.19. The molecular formula is C11H17BrN2O. The molecule has 4 heteroatoms. The number of nitrogens with zero attached hydrogens (tertiary/aromatic N) is 2. The molecule has 1 fully saturated rings. The van der Waals surface area contributed by atoms with Gasteiger partial charge in [0.25, 0.3) is 0 Å². The van der Waals surface area contributed by atoms with Crippen molar-refractivity contribution in [3.8, 4) is 0 Å². The number of hydrogen-bond donors (Lipinski definition) is 1. The minimum Gasteiger partial charge on any atom is -0.384 e. The summed E-state index contributed by atoms with van der Waals surface area (Å²) in [5.74, 6) is 0.609. The van der Waals surface area contributed by atoms with E-state index in [-0.39, 0.29) is 6.04 Å². The molecule has 84 valence electrons. The summed E-state index contributed by atoms with van der Waals surface area (Å²) in [5, 5.41) is 14.8. The predicted molar refractivity (Wildman–Crippen MR) is 62.6 cm³/mol. The topological polar surface area (TPSA) is 38.1 Å². The normalized spacial score (nSPS) is 30.7. The van der Waals surface area contributed by atoms with E-state index in [2.05, 4.69) is 41.8 Å². The van der Waals surface area contributed by atoms with Gasteiger partial charge in [0, 0.05) is 6.04 Å². The van der Waals surface area contributed by atoms with Crippen molar-refractivity contribution in [2.45, 2.75) is 45.3 Å². The van der Waals surface area contributed by atoms with Crippen LogP contribution in [0, 0.1) is 5.92 Å². The fraction of sp³-hybridized carbons (Fsp3) is 0.727. The van der Waals surface area contributed by atoms with Crippen LogP contribution in [0.25, 0.3) is 0 Å². The van der Waals surface area contributed by atoms with E-state index in [4.69, 9.17) is 0 Å². The zero-order valence-electron chi connectivity index (χ0n) is 9.37. The molecule has 0 bridgehead atoms. The zero-order chi connectivity index (χ0) is 11.2. The summed E-state index contributed by atoms with van der Waals surface area (Å²) in [5.41, 5.74) is 0.273. The molecule has 0 atom stereocenters. The Kier molecular flexibility index (Phi) is 2.67. The van der Waals surface area contributed by atoms with Gasteiger partial charge in [-0.1, -0.05) is 6.92 Å². The molecule has 0 spiro atoms. The summed E-state index contributed by atoms with van der Waals surface area (Å²) in [6.45, 7) is 6.32. The molecule has 2 rings (SSSR count). The second-order valence-electron chi connectivity index (χ2n) is 4.92. The van der Waals surface area contributed by atoms with Gasteiger partial charge in [-0.15, -0.1) is 0 Å². The van der Waals surface area contributed by atoms with Crippen molar-refractivity contribution in [3.63, 3.8) is 0 Å². The Labute approximate surface area is 98.6 Å². The Bertz CT molecular complexity index is 367. The molecule has 1 N–H and O–H groups in total. The highest BCUT2D eigenvalue weighted by atomic mass is 79.9. The fourth-order valence-electron chi connectivity index (χ4n) is 2.45. The first-order valence-electron chi connectivity index (χ1n) is 5.40. The molecule has 0 unspecified atom stereocenters. The van der Waals surface area contributed by atoms with Crippen LogP contribution in [0.3, 0.4) is 0 Å². The third-order valence-electron chi connectivity index (χ3n) is 3.05. The van der Waals surface area contributed by atoms with Gasteiger partial charge in [0.2, 0.25) is 0 Å². The number of hydrogen-bond acceptors (Lipinski definition) is 2. The summed E-state index contributed by atoms with van der Waals surface area (Å²) >= 11 is 3.47. The summed E-state index contributed by atoms with van der Waals surface area (Å²) < 4.78 is 2.83. The Morgan fingerprint density at radius 2 is 2.20 bits per heavy atom. The Balaban J connectivity index is 2.38. The average molecular weight is 273 g/mol. The molecule has 0 aliphatic heterocycles. The molecule has 0 radical (unpaired) electrons. The second kappa shape index (κ2) is 3.59. The maximum absolute atomic E-state index is 10.5. The molecule has 15 heavy (non-hydrogen) atoms. The lowest BCUT2D eigenvalue weighted by Gasteiger charge is -2.42. The standard InChI is InChI=1S/C11H17BrN2O/c1-7(2)14-10(9(12)6-13-14)11(15)4-8(3)5-11/h6-8,15H,4-5H2,1-3H3. The van der Waals surface area contributed by atoms with Crippen LogP contribution in [-0.2, 0) is 5.60 Å². The average Bonchev–Trinajstić information content (AvgIpc) is 2.44. The summed E-state index contributed by atoms with van der Waals surface area (Å²) in [7, 11) is 0. The van der Waals surface area contributed by atoms with Crippen molar-refractivity contribution >= 4 is 15.9 Å². The highest BCUT2D eigenvalue weighted by Gasteiger charge is 2.45. The quantitative estimate of drug-likeness (QED) is 0.899. The molecule has 1 aliphatic carbocycles. The molecule has 3 nitrogen and oxygen atoms in total. The van der Waals surface area contributed by atoms with Gasteiger partial charge < -0.3 is 5.11 Å². The number of halogens is 1. The van der Waals surface area contributed by atoms with E-state index < -0.39 is 5.60 Å². The molecule has 1 aliphatic rings. The van der Waals surface area contributed by atoms with E-state index >= 15 is 0 Å². The molecule has 1 aromatic rings. The largest absolute Gasteiger partial charge is 0.384 e. The van der Waals surface area contributed by atoms with Gasteiger partial charge in [0.05, 0.1) is 16.4 Å². The van der Waals surface area contributed by atoms with Gasteiger partial charge in [0.1, 0.15) is 5.60 Å². The van der Waals surface area contributed by atoms with Crippen LogP contribution >= 0.6 is 15.9 Å². The summed E-state index contributed by atoms with van der Waals surface area (Å²) in [4.78, 5) is 0. The highest BCUT2D eigenvalue weighted by Crippen LogP contribution is 2.47. The molecule has 0 amide bonds. The van der Waals surface area contributed by atoms with Crippen LogP contribution in [0.2, 0.25) is 0 Å². The minimum absolute atomic E-state index is 0.284. The van der Waals surface area contributed by atoms with Crippen molar-refractivity contribution in [2.75, 3.05) is 0 Å². The lowest BCUT2D eigenvalue weighted by molar-refractivity contribution is -0.0816. The zero-order valence-corrected chi connectivity index (χ0v) is 11.0. The first-order chi connectivity index (χ1) is 6.94. The van der Waals surface area contributed by atoms with Crippen LogP contribution in [0.4, 0.5) is 0 Å². The minimum atomic E-state index is -0.668. The predicted octanol–water partition coefficient (Wildman–Crippen LogP) is 2.84. The maximum Gasteiger partial charge on any atom is 0.108 e. The van der Waals surface area contributed by atoms with E-state index in [0.29, 0.717) is 5.92 Å². The Morgan fingerprint density at radius 1 is 1.60 bits per heavy atom. The van der Waals surface area contributed by atoms with E-state index in [1.165, 1.54) is 0 Å². The van der Waals surface area contributed by atoms with Crippen LogP contribution in [0.15, 0.2) is 10.7 Å². The van der Waals surface area contributed by atoms with Gasteiger partial charge in [0.15, 0.2) is 0 Å². The number of aromatic nitrogens is 2. The van der Waals surface area contributed by atoms with Crippen LogP contribution < -0.4 is 0 Å². The summed E-state index contributed by atoms with van der Waals surface area (Å²) in [6.07, 6.45) is 3.45. The fourth-order valence-corrected chi connectivity index (χ4v) is 3.10. The van der Waals surface area contributed by atoms with Crippen LogP contribution in [0.5, 0.6) is 0 Å². The van der Waals surface area contributed by atoms with Gasteiger partial charge >= 0.3 is 0 Å². The SMILES string of the molecule is CC1CC(O)(c2c(Br)cnn2C(C)C)C1. The van der Waals surface area contributed by atoms with Crippen molar-refractivity contribution in [1.82, 2.24) is 9.78 Å². The maximum atomic E-state index is 10.5. The first kappa shape index (κ1) is 11.1. The Morgan fingerprint density at radius 3 is 2.67 bits per heavy atom. The van der Waals surface area contributed by atoms with Gasteiger partial charge in [-0.2, -0.15) is 5.10 Å². The second-order valence-corrected chi connectivity index (χ2v) is 5.78. The van der Waals surface area contributed by atoms with E-state index in [1.54, 1.807) is 6.20 Å². The van der Waals surface area contributed by atoms with Crippen molar-refractivity contribution in [1.29, 1.82) is 0 Å². The Hall–Kier alpha value is -0.350. The monoisotopic (exact) mass is 272 g/mol. The van der Waals surface area contributed by atoms with Gasteiger partial charge in [-0.25, -0.2) is 0 Å². The third-order valence-corrected chi connectivity index (χ3v) is 3.63. The van der Waals surface area contributed by atoms with E-state index in [9.17, 15) is 5.11 Å².